The Hall–Kier alpha value is -2.64. The molecule has 3 amide bonds. The van der Waals surface area contributed by atoms with Crippen LogP contribution in [0.25, 0.3) is 10.4 Å². The summed E-state index contributed by atoms with van der Waals surface area (Å²) < 4.78 is 12.3. The number of aliphatic hydroxyl groups excluding tert-OH is 1. The average molecular weight is 731 g/mol. The van der Waals surface area contributed by atoms with E-state index < -0.39 is 25.8 Å². The number of aromatic nitrogens is 1. The molecule has 10 nitrogen and oxygen atoms in total. The van der Waals surface area contributed by atoms with Crippen molar-refractivity contribution in [2.45, 2.75) is 130 Å². The Morgan fingerprint density at radius 3 is 2.36 bits per heavy atom. The lowest BCUT2D eigenvalue weighted by molar-refractivity contribution is -0.145. The molecule has 12 heteroatoms. The van der Waals surface area contributed by atoms with Crippen LogP contribution in [0.5, 0.6) is 0 Å². The lowest BCUT2D eigenvalue weighted by atomic mass is 9.84. The molecule has 2 aromatic rings. The molecule has 1 aliphatic rings. The minimum Gasteiger partial charge on any atom is -0.416 e. The molecule has 3 N–H and O–H groups in total. The summed E-state index contributed by atoms with van der Waals surface area (Å²) in [5, 5.41) is 15.0. The highest BCUT2D eigenvalue weighted by Gasteiger charge is 2.46. The standard InChI is InChI=1S/C38H62N4O6SSi/c1-28-33(49-27-40-28)30-18-16-29(17-19-30)25-39-35(45)31-15-14-21-42(31)36(46)34(38(5,6)26-48-50(7,8)37(2,3)4)41-32(44)20-24-47-23-13-11-9-10-12-22-43/h16-19,27,31,34,43H,9-15,20-26H2,1-8H3,(H,39,45)(H,41,44)/t31?,34-/m1/s1. The lowest BCUT2D eigenvalue weighted by Gasteiger charge is -2.42. The number of aliphatic hydroxyl groups is 1. The van der Waals surface area contributed by atoms with Gasteiger partial charge in [-0.2, -0.15) is 0 Å². The van der Waals surface area contributed by atoms with Crippen LogP contribution in [0.3, 0.4) is 0 Å². The van der Waals surface area contributed by atoms with Crippen LogP contribution in [0.2, 0.25) is 18.1 Å². The number of ether oxygens (including phenoxy) is 1. The Morgan fingerprint density at radius 1 is 1.04 bits per heavy atom. The van der Waals surface area contributed by atoms with E-state index in [0.29, 0.717) is 39.1 Å². The molecule has 1 unspecified atom stereocenters. The van der Waals surface area contributed by atoms with Crippen molar-refractivity contribution >= 4 is 37.4 Å². The van der Waals surface area contributed by atoms with Gasteiger partial charge in [-0.15, -0.1) is 11.3 Å². The summed E-state index contributed by atoms with van der Waals surface area (Å²) in [5.74, 6) is -0.708. The van der Waals surface area contributed by atoms with Crippen LogP contribution in [0, 0.1) is 12.3 Å². The fourth-order valence-corrected chi connectivity index (χ4v) is 7.71. The van der Waals surface area contributed by atoms with Gasteiger partial charge in [0.15, 0.2) is 8.32 Å². The molecule has 1 aromatic heterocycles. The number of likely N-dealkylation sites (tertiary alicyclic amines) is 1. The number of carbonyl (C=O) groups is 3. The molecule has 1 saturated heterocycles. The highest BCUT2D eigenvalue weighted by molar-refractivity contribution is 7.13. The highest BCUT2D eigenvalue weighted by Crippen LogP contribution is 2.38. The molecule has 280 valence electrons. The zero-order valence-electron chi connectivity index (χ0n) is 31.7. The third-order valence-electron chi connectivity index (χ3n) is 10.1. The number of benzene rings is 1. The molecule has 1 aromatic carbocycles. The molecule has 0 aliphatic carbocycles. The SMILES string of the molecule is Cc1ncsc1-c1ccc(CNC(=O)C2CCCN2C(=O)[C@@H](NC(=O)CCOCCCCCCCO)C(C)(C)CO[Si](C)(C)C(C)(C)C)cc1. The van der Waals surface area contributed by atoms with Crippen LogP contribution in [-0.4, -0.2) is 86.1 Å². The second-order valence-corrected chi connectivity index (χ2v) is 21.4. The largest absolute Gasteiger partial charge is 0.416 e. The molecule has 0 spiro atoms. The number of rotatable bonds is 20. The second-order valence-electron chi connectivity index (χ2n) is 15.8. The van der Waals surface area contributed by atoms with Crippen molar-refractivity contribution in [2.75, 3.05) is 33.0 Å². The molecule has 0 radical (unpaired) electrons. The maximum atomic E-state index is 14.4. The molecule has 50 heavy (non-hydrogen) atoms. The molecule has 1 aliphatic heterocycles. The predicted octanol–water partition coefficient (Wildman–Crippen LogP) is 6.61. The van der Waals surface area contributed by atoms with E-state index in [2.05, 4.69) is 49.5 Å². The quantitative estimate of drug-likeness (QED) is 0.103. The number of unbranched alkanes of at least 4 members (excludes halogenated alkanes) is 4. The number of hydrogen-bond acceptors (Lipinski definition) is 8. The van der Waals surface area contributed by atoms with Gasteiger partial charge in [0.05, 0.1) is 22.7 Å². The van der Waals surface area contributed by atoms with Crippen molar-refractivity contribution in [3.63, 3.8) is 0 Å². The summed E-state index contributed by atoms with van der Waals surface area (Å²) in [6.45, 7) is 19.0. The fourth-order valence-electron chi connectivity index (χ4n) is 5.73. The van der Waals surface area contributed by atoms with Crippen molar-refractivity contribution in [1.82, 2.24) is 20.5 Å². The number of nitrogens with zero attached hydrogens (tertiary/aromatic N) is 2. The molecule has 0 saturated carbocycles. The number of nitrogens with one attached hydrogen (secondary N) is 2. The van der Waals surface area contributed by atoms with Crippen molar-refractivity contribution in [2.24, 2.45) is 5.41 Å². The Balaban J connectivity index is 1.65. The normalized spacial score (nSPS) is 16.0. The Bertz CT molecular complexity index is 1370. The Morgan fingerprint density at radius 2 is 1.72 bits per heavy atom. The minimum absolute atomic E-state index is 0.0133. The molecule has 2 atom stereocenters. The molecule has 1 fully saturated rings. The number of thiazole rings is 1. The van der Waals surface area contributed by atoms with Crippen LogP contribution in [0.4, 0.5) is 0 Å². The molecular formula is C38H62N4O6SSi. The van der Waals surface area contributed by atoms with Gasteiger partial charge in [0.2, 0.25) is 17.7 Å². The minimum atomic E-state index is -2.14. The van der Waals surface area contributed by atoms with E-state index in [1.807, 2.05) is 50.5 Å². The summed E-state index contributed by atoms with van der Waals surface area (Å²) in [6.07, 6.45) is 6.22. The van der Waals surface area contributed by atoms with E-state index in [1.54, 1.807) is 16.2 Å². The number of amides is 3. The van der Waals surface area contributed by atoms with E-state index in [4.69, 9.17) is 14.3 Å². The van der Waals surface area contributed by atoms with Gasteiger partial charge in [-0.1, -0.05) is 78.1 Å². The van der Waals surface area contributed by atoms with E-state index in [9.17, 15) is 14.4 Å². The third-order valence-corrected chi connectivity index (χ3v) is 15.6. The van der Waals surface area contributed by atoms with Crippen molar-refractivity contribution in [3.8, 4) is 10.4 Å². The van der Waals surface area contributed by atoms with Crippen LogP contribution < -0.4 is 10.6 Å². The van der Waals surface area contributed by atoms with Crippen molar-refractivity contribution in [1.29, 1.82) is 0 Å². The van der Waals surface area contributed by atoms with Crippen LogP contribution in [0.15, 0.2) is 29.8 Å². The molecule has 0 bridgehead atoms. The molecule has 2 heterocycles. The van der Waals surface area contributed by atoms with Crippen LogP contribution in [0.1, 0.15) is 97.2 Å². The van der Waals surface area contributed by atoms with Gasteiger partial charge in [0, 0.05) is 44.7 Å². The van der Waals surface area contributed by atoms with E-state index in [1.165, 1.54) is 0 Å². The zero-order valence-corrected chi connectivity index (χ0v) is 33.5. The smallest absolute Gasteiger partial charge is 0.246 e. The average Bonchev–Trinajstić information content (AvgIpc) is 3.73. The summed E-state index contributed by atoms with van der Waals surface area (Å²) in [6, 6.07) is 6.61. The third kappa shape index (κ3) is 12.2. The first-order chi connectivity index (χ1) is 23.6. The van der Waals surface area contributed by atoms with Crippen LogP contribution >= 0.6 is 11.3 Å². The lowest BCUT2D eigenvalue weighted by Crippen LogP contribution is -2.60. The summed E-state index contributed by atoms with van der Waals surface area (Å²) in [7, 11) is -2.14. The Kier molecular flexibility index (Phi) is 16.1. The van der Waals surface area contributed by atoms with Crippen molar-refractivity contribution < 1.29 is 28.7 Å². The summed E-state index contributed by atoms with van der Waals surface area (Å²) >= 11 is 1.61. The number of hydrogen-bond donors (Lipinski definition) is 3. The van der Waals surface area contributed by atoms with Crippen molar-refractivity contribution in [3.05, 3.63) is 41.0 Å². The summed E-state index contributed by atoms with van der Waals surface area (Å²) in [4.78, 5) is 48.3. The van der Waals surface area contributed by atoms with Gasteiger partial charge in [0.1, 0.15) is 12.1 Å². The number of aryl methyl sites for hydroxylation is 1. The summed E-state index contributed by atoms with van der Waals surface area (Å²) in [5.41, 5.74) is 4.17. The van der Waals surface area contributed by atoms with Gasteiger partial charge < -0.3 is 29.8 Å². The topological polar surface area (TPSA) is 130 Å². The highest BCUT2D eigenvalue weighted by atomic mass is 32.1. The van der Waals surface area contributed by atoms with E-state index in [0.717, 1.165) is 53.8 Å². The van der Waals surface area contributed by atoms with Crippen LogP contribution in [-0.2, 0) is 30.1 Å². The second kappa shape index (κ2) is 19.3. The van der Waals surface area contributed by atoms with E-state index in [-0.39, 0.29) is 42.4 Å². The fraction of sp³-hybridized carbons (Fsp3) is 0.684. The molecule has 3 rings (SSSR count). The van der Waals surface area contributed by atoms with Gasteiger partial charge in [-0.25, -0.2) is 4.98 Å². The first-order valence-corrected chi connectivity index (χ1v) is 22.1. The maximum absolute atomic E-state index is 14.4. The van der Waals surface area contributed by atoms with E-state index >= 15 is 0 Å². The van der Waals surface area contributed by atoms with Gasteiger partial charge in [-0.05, 0) is 61.9 Å². The van der Waals surface area contributed by atoms with Gasteiger partial charge in [-0.3, -0.25) is 14.4 Å². The van der Waals surface area contributed by atoms with Gasteiger partial charge in [0.25, 0.3) is 0 Å². The molecular weight excluding hydrogens is 669 g/mol. The first-order valence-electron chi connectivity index (χ1n) is 18.3. The zero-order chi connectivity index (χ0) is 37.0. The maximum Gasteiger partial charge on any atom is 0.246 e. The number of carbonyl (C=O) groups excluding carboxylic acids is 3. The first kappa shape index (κ1) is 41.8. The predicted molar refractivity (Wildman–Crippen MR) is 203 cm³/mol. The van der Waals surface area contributed by atoms with Gasteiger partial charge >= 0.3 is 0 Å². The monoisotopic (exact) mass is 730 g/mol. The Labute approximate surface area is 305 Å².